The quantitative estimate of drug-likeness (QED) is 0.639. The molecule has 28 heavy (non-hydrogen) atoms. The molecule has 1 heterocycles. The lowest BCUT2D eigenvalue weighted by molar-refractivity contribution is -0.118. The van der Waals surface area contributed by atoms with Gasteiger partial charge in [0.2, 0.25) is 0 Å². The highest BCUT2D eigenvalue weighted by molar-refractivity contribution is 6.30. The van der Waals surface area contributed by atoms with Gasteiger partial charge in [-0.1, -0.05) is 35.9 Å². The number of hydrogen-bond acceptors (Lipinski definition) is 4. The van der Waals surface area contributed by atoms with Gasteiger partial charge < -0.3 is 15.4 Å². The molecule has 142 valence electrons. The Labute approximate surface area is 167 Å². The topological polar surface area (TPSA) is 80.3 Å². The second-order valence-electron chi connectivity index (χ2n) is 5.85. The van der Waals surface area contributed by atoms with Gasteiger partial charge in [0.25, 0.3) is 11.8 Å². The number of rotatable bonds is 7. The van der Waals surface area contributed by atoms with E-state index in [2.05, 4.69) is 15.6 Å². The van der Waals surface area contributed by atoms with Crippen molar-refractivity contribution >= 4 is 29.1 Å². The van der Waals surface area contributed by atoms with Crippen LogP contribution in [0.15, 0.2) is 72.9 Å². The van der Waals surface area contributed by atoms with E-state index in [1.54, 1.807) is 54.7 Å². The predicted octanol–water partition coefficient (Wildman–Crippen LogP) is 3.68. The molecule has 0 radical (unpaired) electrons. The number of benzene rings is 2. The molecule has 2 amide bonds. The van der Waals surface area contributed by atoms with Crippen LogP contribution in [0.25, 0.3) is 0 Å². The summed E-state index contributed by atoms with van der Waals surface area (Å²) in [5.74, 6) is -0.343. The number of aromatic nitrogens is 1. The third-order valence-electron chi connectivity index (χ3n) is 3.76. The highest BCUT2D eigenvalue weighted by Gasteiger charge is 2.13. The number of carbonyl (C=O) groups is 2. The van der Waals surface area contributed by atoms with E-state index in [1.807, 2.05) is 18.2 Å². The maximum absolute atomic E-state index is 12.5. The minimum atomic E-state index is -0.356. The molecule has 2 N–H and O–H groups in total. The maximum Gasteiger partial charge on any atom is 0.262 e. The molecule has 3 aromatic rings. The zero-order valence-corrected chi connectivity index (χ0v) is 15.6. The Morgan fingerprint density at radius 1 is 1.00 bits per heavy atom. The summed E-state index contributed by atoms with van der Waals surface area (Å²) in [5, 5.41) is 6.01. The summed E-state index contributed by atoms with van der Waals surface area (Å²) >= 11 is 5.90. The van der Waals surface area contributed by atoms with Gasteiger partial charge in [0, 0.05) is 16.9 Å². The fourth-order valence-corrected chi connectivity index (χ4v) is 2.65. The van der Waals surface area contributed by atoms with Crippen LogP contribution in [0.3, 0.4) is 0 Å². The fourth-order valence-electron chi connectivity index (χ4n) is 2.46. The fraction of sp³-hybridized carbons (Fsp3) is 0.0952. The average Bonchev–Trinajstić information content (AvgIpc) is 2.71. The van der Waals surface area contributed by atoms with Gasteiger partial charge in [-0.3, -0.25) is 14.6 Å². The van der Waals surface area contributed by atoms with Crippen molar-refractivity contribution in [2.24, 2.45) is 0 Å². The van der Waals surface area contributed by atoms with Crippen molar-refractivity contribution in [3.05, 3.63) is 89.2 Å². The van der Waals surface area contributed by atoms with E-state index in [4.69, 9.17) is 16.3 Å². The molecule has 3 rings (SSSR count). The van der Waals surface area contributed by atoms with Crippen molar-refractivity contribution in [2.45, 2.75) is 6.54 Å². The molecular formula is C21H18ClN3O3. The van der Waals surface area contributed by atoms with Crippen molar-refractivity contribution < 1.29 is 14.3 Å². The van der Waals surface area contributed by atoms with Gasteiger partial charge in [0.05, 0.1) is 17.8 Å². The number of ether oxygens (including phenoxy) is 1. The van der Waals surface area contributed by atoms with Crippen LogP contribution in [0, 0.1) is 0 Å². The number of pyridine rings is 1. The number of halogens is 1. The van der Waals surface area contributed by atoms with Gasteiger partial charge in [-0.25, -0.2) is 0 Å². The molecular weight excluding hydrogens is 378 g/mol. The van der Waals surface area contributed by atoms with E-state index < -0.39 is 0 Å². The van der Waals surface area contributed by atoms with Crippen molar-refractivity contribution in [2.75, 3.05) is 11.9 Å². The summed E-state index contributed by atoms with van der Waals surface area (Å²) in [6.07, 6.45) is 1.66. The minimum absolute atomic E-state index is 0.239. The lowest BCUT2D eigenvalue weighted by Gasteiger charge is -2.12. The Morgan fingerprint density at radius 2 is 1.82 bits per heavy atom. The van der Waals surface area contributed by atoms with Crippen LogP contribution in [0.5, 0.6) is 5.75 Å². The van der Waals surface area contributed by atoms with E-state index in [-0.39, 0.29) is 18.4 Å². The van der Waals surface area contributed by atoms with Crippen molar-refractivity contribution in [1.29, 1.82) is 0 Å². The zero-order valence-electron chi connectivity index (χ0n) is 14.9. The molecule has 2 aromatic carbocycles. The third-order valence-corrected chi connectivity index (χ3v) is 3.99. The molecule has 0 unspecified atom stereocenters. The molecule has 0 fully saturated rings. The lowest BCUT2D eigenvalue weighted by Crippen LogP contribution is -2.25. The van der Waals surface area contributed by atoms with Crippen LogP contribution in [0.1, 0.15) is 16.1 Å². The molecule has 6 nitrogen and oxygen atoms in total. The number of hydrogen-bond donors (Lipinski definition) is 2. The molecule has 0 atom stereocenters. The maximum atomic E-state index is 12.5. The molecule has 0 saturated carbocycles. The van der Waals surface area contributed by atoms with Gasteiger partial charge in [-0.2, -0.15) is 0 Å². The van der Waals surface area contributed by atoms with E-state index in [0.717, 1.165) is 5.69 Å². The Bertz CT molecular complexity index is 964. The third kappa shape index (κ3) is 5.56. The summed E-state index contributed by atoms with van der Waals surface area (Å²) in [6, 6.07) is 19.0. The largest absolute Gasteiger partial charge is 0.483 e. The van der Waals surface area contributed by atoms with Crippen molar-refractivity contribution in [1.82, 2.24) is 10.3 Å². The second-order valence-corrected chi connectivity index (χ2v) is 6.28. The van der Waals surface area contributed by atoms with Crippen LogP contribution in [-0.4, -0.2) is 23.4 Å². The zero-order chi connectivity index (χ0) is 19.8. The molecule has 0 aliphatic heterocycles. The van der Waals surface area contributed by atoms with Crippen molar-refractivity contribution in [3.63, 3.8) is 0 Å². The molecule has 1 aromatic heterocycles. The number of anilines is 1. The van der Waals surface area contributed by atoms with E-state index in [9.17, 15) is 9.59 Å². The summed E-state index contributed by atoms with van der Waals surface area (Å²) in [6.45, 7) is 0.0559. The van der Waals surface area contributed by atoms with Gasteiger partial charge in [-0.15, -0.1) is 0 Å². The van der Waals surface area contributed by atoms with Crippen LogP contribution in [0.4, 0.5) is 5.69 Å². The first-order valence-electron chi connectivity index (χ1n) is 8.57. The summed E-state index contributed by atoms with van der Waals surface area (Å²) < 4.78 is 5.55. The van der Waals surface area contributed by atoms with Crippen LogP contribution < -0.4 is 15.4 Å². The minimum Gasteiger partial charge on any atom is -0.483 e. The summed E-state index contributed by atoms with van der Waals surface area (Å²) in [5.41, 5.74) is 1.66. The van der Waals surface area contributed by atoms with Gasteiger partial charge >= 0.3 is 0 Å². The van der Waals surface area contributed by atoms with Crippen LogP contribution >= 0.6 is 11.6 Å². The van der Waals surface area contributed by atoms with Gasteiger partial charge in [0.1, 0.15) is 5.75 Å². The molecule has 7 heteroatoms. The standard InChI is InChI=1S/C21H18ClN3O3/c22-15-6-5-8-16(12-15)25-20(26)14-28-19-10-2-1-9-18(19)21(27)24-13-17-7-3-4-11-23-17/h1-12H,13-14H2,(H,24,27)(H,25,26). The van der Waals surface area contributed by atoms with E-state index in [1.165, 1.54) is 0 Å². The summed E-state index contributed by atoms with van der Waals surface area (Å²) in [7, 11) is 0. The van der Waals surface area contributed by atoms with Crippen LogP contribution in [-0.2, 0) is 11.3 Å². The molecule has 0 bridgehead atoms. The van der Waals surface area contributed by atoms with Gasteiger partial charge in [0.15, 0.2) is 6.61 Å². The number of carbonyl (C=O) groups excluding carboxylic acids is 2. The Hall–Kier alpha value is -3.38. The molecule has 0 saturated heterocycles. The highest BCUT2D eigenvalue weighted by Crippen LogP contribution is 2.19. The van der Waals surface area contributed by atoms with Crippen molar-refractivity contribution in [3.8, 4) is 5.75 Å². The molecule has 0 aliphatic carbocycles. The molecule has 0 spiro atoms. The second kappa shape index (κ2) is 9.53. The Balaban J connectivity index is 1.58. The SMILES string of the molecule is O=C(COc1ccccc1C(=O)NCc1ccccn1)Nc1cccc(Cl)c1. The Kier molecular flexibility index (Phi) is 6.59. The highest BCUT2D eigenvalue weighted by atomic mass is 35.5. The predicted molar refractivity (Wildman–Crippen MR) is 107 cm³/mol. The number of amides is 2. The van der Waals surface area contributed by atoms with E-state index in [0.29, 0.717) is 28.6 Å². The lowest BCUT2D eigenvalue weighted by atomic mass is 10.2. The normalized spacial score (nSPS) is 10.2. The number of nitrogens with zero attached hydrogens (tertiary/aromatic N) is 1. The van der Waals surface area contributed by atoms with Crippen LogP contribution in [0.2, 0.25) is 5.02 Å². The van der Waals surface area contributed by atoms with E-state index >= 15 is 0 Å². The smallest absolute Gasteiger partial charge is 0.262 e. The summed E-state index contributed by atoms with van der Waals surface area (Å²) in [4.78, 5) is 28.7. The Morgan fingerprint density at radius 3 is 2.61 bits per heavy atom. The first kappa shape index (κ1) is 19.4. The molecule has 0 aliphatic rings. The van der Waals surface area contributed by atoms with Gasteiger partial charge in [-0.05, 0) is 42.5 Å². The average molecular weight is 396 g/mol. The number of nitrogens with one attached hydrogen (secondary N) is 2. The first-order valence-corrected chi connectivity index (χ1v) is 8.95. The first-order chi connectivity index (χ1) is 13.6. The number of para-hydroxylation sites is 1. The monoisotopic (exact) mass is 395 g/mol.